The van der Waals surface area contributed by atoms with Crippen LogP contribution in [-0.4, -0.2) is 23.5 Å². The monoisotopic (exact) mass is 353 g/mol. The lowest BCUT2D eigenvalue weighted by Crippen LogP contribution is -2.32. The van der Waals surface area contributed by atoms with Gasteiger partial charge in [0.05, 0.1) is 10.7 Å². The van der Waals surface area contributed by atoms with Crippen LogP contribution in [0.25, 0.3) is 0 Å². The molecule has 0 radical (unpaired) electrons. The standard InChI is InChI=1S/C14H23N3OS.2ClH/c1-9(2)14-17-12(8-19-14)5-6-16-13(18)10-3-4-11(15)7-10;;/h8-11H,3-7,15H2,1-2H3,(H,16,18);2*1H. The summed E-state index contributed by atoms with van der Waals surface area (Å²) < 4.78 is 0. The Labute approximate surface area is 143 Å². The molecule has 1 heterocycles. The van der Waals surface area contributed by atoms with Crippen LogP contribution in [-0.2, 0) is 11.2 Å². The molecule has 1 aromatic rings. The molecule has 0 aromatic carbocycles. The number of nitrogens with two attached hydrogens (primary N) is 1. The second-order valence-electron chi connectivity index (χ2n) is 5.64. The van der Waals surface area contributed by atoms with Crippen LogP contribution < -0.4 is 11.1 Å². The molecule has 3 N–H and O–H groups in total. The van der Waals surface area contributed by atoms with Crippen molar-refractivity contribution in [2.45, 2.75) is 51.5 Å². The van der Waals surface area contributed by atoms with Crippen molar-refractivity contribution in [3.8, 4) is 0 Å². The number of carbonyl (C=O) groups is 1. The van der Waals surface area contributed by atoms with Gasteiger partial charge in [0.25, 0.3) is 0 Å². The topological polar surface area (TPSA) is 68.0 Å². The number of hydrogen-bond acceptors (Lipinski definition) is 4. The molecule has 0 aliphatic heterocycles. The number of rotatable bonds is 5. The number of nitrogens with one attached hydrogen (secondary N) is 1. The van der Waals surface area contributed by atoms with Crippen molar-refractivity contribution in [2.75, 3.05) is 6.54 Å². The number of amides is 1. The molecule has 1 aliphatic rings. The van der Waals surface area contributed by atoms with Gasteiger partial charge < -0.3 is 11.1 Å². The first-order valence-corrected chi connectivity index (χ1v) is 7.91. The largest absolute Gasteiger partial charge is 0.355 e. The molecule has 21 heavy (non-hydrogen) atoms. The van der Waals surface area contributed by atoms with Crippen molar-refractivity contribution < 1.29 is 4.79 Å². The number of hydrogen-bond donors (Lipinski definition) is 2. The van der Waals surface area contributed by atoms with Crippen LogP contribution in [0, 0.1) is 5.92 Å². The zero-order chi connectivity index (χ0) is 13.8. The maximum Gasteiger partial charge on any atom is 0.223 e. The summed E-state index contributed by atoms with van der Waals surface area (Å²) in [7, 11) is 0. The number of carbonyl (C=O) groups excluding carboxylic acids is 1. The first kappa shape index (κ1) is 20.6. The Bertz CT molecular complexity index is 440. The Morgan fingerprint density at radius 3 is 2.71 bits per heavy atom. The lowest BCUT2D eigenvalue weighted by Gasteiger charge is -2.09. The van der Waals surface area contributed by atoms with E-state index in [0.717, 1.165) is 31.4 Å². The minimum Gasteiger partial charge on any atom is -0.355 e. The summed E-state index contributed by atoms with van der Waals surface area (Å²) >= 11 is 1.70. The van der Waals surface area contributed by atoms with E-state index in [-0.39, 0.29) is 42.7 Å². The van der Waals surface area contributed by atoms with Gasteiger partial charge in [-0.3, -0.25) is 4.79 Å². The summed E-state index contributed by atoms with van der Waals surface area (Å²) in [5.41, 5.74) is 6.91. The lowest BCUT2D eigenvalue weighted by atomic mass is 10.1. The predicted molar refractivity (Wildman–Crippen MR) is 92.7 cm³/mol. The van der Waals surface area contributed by atoms with E-state index >= 15 is 0 Å². The van der Waals surface area contributed by atoms with Gasteiger partial charge >= 0.3 is 0 Å². The van der Waals surface area contributed by atoms with Crippen LogP contribution in [0.3, 0.4) is 0 Å². The van der Waals surface area contributed by atoms with E-state index in [9.17, 15) is 4.79 Å². The average molecular weight is 354 g/mol. The van der Waals surface area contributed by atoms with Crippen molar-refractivity contribution in [1.82, 2.24) is 10.3 Å². The third-order valence-electron chi connectivity index (χ3n) is 3.59. The van der Waals surface area contributed by atoms with E-state index < -0.39 is 0 Å². The molecule has 7 heteroatoms. The van der Waals surface area contributed by atoms with Gasteiger partial charge in [-0.1, -0.05) is 13.8 Å². The number of nitrogens with zero attached hydrogens (tertiary/aromatic N) is 1. The highest BCUT2D eigenvalue weighted by atomic mass is 35.5. The van der Waals surface area contributed by atoms with E-state index in [2.05, 4.69) is 29.5 Å². The summed E-state index contributed by atoms with van der Waals surface area (Å²) in [6.07, 6.45) is 3.55. The van der Waals surface area contributed by atoms with Gasteiger partial charge in [-0.25, -0.2) is 4.98 Å². The van der Waals surface area contributed by atoms with Crippen LogP contribution in [0.2, 0.25) is 0 Å². The van der Waals surface area contributed by atoms with Gasteiger partial charge in [-0.05, 0) is 19.3 Å². The van der Waals surface area contributed by atoms with Gasteiger partial charge in [-0.15, -0.1) is 36.2 Å². The highest BCUT2D eigenvalue weighted by molar-refractivity contribution is 7.09. The maximum atomic E-state index is 11.9. The Morgan fingerprint density at radius 1 is 1.48 bits per heavy atom. The predicted octanol–water partition coefficient (Wildman–Crippen LogP) is 2.90. The van der Waals surface area contributed by atoms with E-state index in [4.69, 9.17) is 5.73 Å². The minimum atomic E-state index is 0. The Morgan fingerprint density at radius 2 is 2.19 bits per heavy atom. The average Bonchev–Trinajstić information content (AvgIpc) is 2.98. The molecule has 0 bridgehead atoms. The molecule has 1 aromatic heterocycles. The Kier molecular flexibility index (Phi) is 9.45. The van der Waals surface area contributed by atoms with E-state index in [1.807, 2.05) is 0 Å². The fourth-order valence-electron chi connectivity index (χ4n) is 2.42. The first-order chi connectivity index (χ1) is 9.06. The molecule has 2 unspecified atom stereocenters. The van der Waals surface area contributed by atoms with Crippen LogP contribution in [0.4, 0.5) is 0 Å². The Balaban J connectivity index is 0.00000200. The first-order valence-electron chi connectivity index (χ1n) is 7.04. The van der Waals surface area contributed by atoms with Crippen molar-refractivity contribution in [1.29, 1.82) is 0 Å². The molecule has 2 rings (SSSR count). The number of aromatic nitrogens is 1. The quantitative estimate of drug-likeness (QED) is 0.854. The minimum absolute atomic E-state index is 0. The second-order valence-corrected chi connectivity index (χ2v) is 6.53. The van der Waals surface area contributed by atoms with Crippen molar-refractivity contribution in [3.63, 3.8) is 0 Å². The van der Waals surface area contributed by atoms with Crippen molar-refractivity contribution in [3.05, 3.63) is 16.1 Å². The number of thiazole rings is 1. The van der Waals surface area contributed by atoms with E-state index in [1.165, 1.54) is 5.01 Å². The van der Waals surface area contributed by atoms with Gasteiger partial charge in [0.15, 0.2) is 0 Å². The molecular formula is C14H25Cl2N3OS. The van der Waals surface area contributed by atoms with Gasteiger partial charge in [0.1, 0.15) is 0 Å². The maximum absolute atomic E-state index is 11.9. The molecule has 1 aliphatic carbocycles. The highest BCUT2D eigenvalue weighted by Crippen LogP contribution is 2.24. The van der Waals surface area contributed by atoms with Gasteiger partial charge in [0, 0.05) is 36.2 Å². The van der Waals surface area contributed by atoms with E-state index in [0.29, 0.717) is 12.5 Å². The SMILES string of the molecule is CC(C)c1nc(CCNC(=O)C2CCC(N)C2)cs1.Cl.Cl. The second kappa shape index (κ2) is 9.62. The van der Waals surface area contributed by atoms with Crippen molar-refractivity contribution in [2.24, 2.45) is 11.7 Å². The van der Waals surface area contributed by atoms with Crippen LogP contribution in [0.15, 0.2) is 5.38 Å². The molecule has 1 amide bonds. The molecule has 122 valence electrons. The molecule has 2 atom stereocenters. The van der Waals surface area contributed by atoms with Crippen LogP contribution >= 0.6 is 36.2 Å². The van der Waals surface area contributed by atoms with Crippen LogP contribution in [0.1, 0.15) is 49.7 Å². The third kappa shape index (κ3) is 6.10. The molecular weight excluding hydrogens is 329 g/mol. The van der Waals surface area contributed by atoms with Gasteiger partial charge in [-0.2, -0.15) is 0 Å². The molecule has 1 saturated carbocycles. The fourth-order valence-corrected chi connectivity index (χ4v) is 3.28. The summed E-state index contributed by atoms with van der Waals surface area (Å²) in [6.45, 7) is 4.97. The molecule has 0 spiro atoms. The molecule has 0 saturated heterocycles. The lowest BCUT2D eigenvalue weighted by molar-refractivity contribution is -0.124. The third-order valence-corrected chi connectivity index (χ3v) is 4.78. The summed E-state index contributed by atoms with van der Waals surface area (Å²) in [5.74, 6) is 0.761. The molecule has 4 nitrogen and oxygen atoms in total. The summed E-state index contributed by atoms with van der Waals surface area (Å²) in [4.78, 5) is 16.5. The molecule has 1 fully saturated rings. The summed E-state index contributed by atoms with van der Waals surface area (Å²) in [5, 5.41) is 6.26. The van der Waals surface area contributed by atoms with Crippen LogP contribution in [0.5, 0.6) is 0 Å². The van der Waals surface area contributed by atoms with Gasteiger partial charge in [0.2, 0.25) is 5.91 Å². The van der Waals surface area contributed by atoms with E-state index in [1.54, 1.807) is 11.3 Å². The fraction of sp³-hybridized carbons (Fsp3) is 0.714. The summed E-state index contributed by atoms with van der Waals surface area (Å²) in [6, 6.07) is 0.211. The smallest absolute Gasteiger partial charge is 0.223 e. The number of halogens is 2. The highest BCUT2D eigenvalue weighted by Gasteiger charge is 2.27. The normalized spacial score (nSPS) is 20.8. The Hall–Kier alpha value is -0.360. The van der Waals surface area contributed by atoms with Crippen molar-refractivity contribution >= 4 is 42.1 Å². The zero-order valence-electron chi connectivity index (χ0n) is 12.5. The zero-order valence-corrected chi connectivity index (χ0v) is 15.0.